The first kappa shape index (κ1) is 14.2. The van der Waals surface area contributed by atoms with Crippen LogP contribution in [0.25, 0.3) is 11.0 Å². The van der Waals surface area contributed by atoms with Crippen LogP contribution in [0.3, 0.4) is 0 Å². The normalized spacial score (nSPS) is 14.3. The average Bonchev–Trinajstić information content (AvgIpc) is 3.26. The van der Waals surface area contributed by atoms with Gasteiger partial charge >= 0.3 is 0 Å². The quantitative estimate of drug-likeness (QED) is 0.632. The molecule has 0 atom stereocenters. The van der Waals surface area contributed by atoms with Crippen molar-refractivity contribution in [3.05, 3.63) is 36.9 Å². The summed E-state index contributed by atoms with van der Waals surface area (Å²) >= 11 is 1.48. The Morgan fingerprint density at radius 1 is 1.48 bits per heavy atom. The van der Waals surface area contributed by atoms with E-state index in [1.54, 1.807) is 0 Å². The van der Waals surface area contributed by atoms with Crippen molar-refractivity contribution in [3.63, 3.8) is 0 Å². The molecule has 0 radical (unpaired) electrons. The van der Waals surface area contributed by atoms with E-state index in [1.165, 1.54) is 24.6 Å². The van der Waals surface area contributed by atoms with Crippen molar-refractivity contribution in [1.29, 1.82) is 0 Å². The Hall–Kier alpha value is -1.75. The van der Waals surface area contributed by atoms with Gasteiger partial charge < -0.3 is 9.88 Å². The molecule has 1 aliphatic rings. The van der Waals surface area contributed by atoms with Crippen molar-refractivity contribution in [2.24, 2.45) is 5.92 Å². The molecule has 5 heteroatoms. The molecule has 1 amide bonds. The lowest BCUT2D eigenvalue weighted by Gasteiger charge is -2.06. The van der Waals surface area contributed by atoms with Crippen LogP contribution in [0, 0.1) is 5.92 Å². The molecule has 2 aromatic rings. The van der Waals surface area contributed by atoms with E-state index in [2.05, 4.69) is 21.4 Å². The van der Waals surface area contributed by atoms with Crippen LogP contribution in [0.15, 0.2) is 42.1 Å². The summed E-state index contributed by atoms with van der Waals surface area (Å²) < 4.78 is 2.10. The van der Waals surface area contributed by atoms with E-state index in [4.69, 9.17) is 0 Å². The number of hydrogen-bond acceptors (Lipinski definition) is 3. The molecule has 3 rings (SSSR count). The standard InChI is InChI=1S/C16H19N3OS/c1-2-9-19-14-6-4-3-5-13(14)18-16(19)21-11-15(20)17-10-12-7-8-12/h2-6,12H,1,7-11H2,(H,17,20). The summed E-state index contributed by atoms with van der Waals surface area (Å²) in [5.74, 6) is 1.21. The number of nitrogens with one attached hydrogen (secondary N) is 1. The number of aromatic nitrogens is 2. The highest BCUT2D eigenvalue weighted by atomic mass is 32.2. The van der Waals surface area contributed by atoms with Crippen molar-refractivity contribution in [2.45, 2.75) is 24.5 Å². The fraction of sp³-hybridized carbons (Fsp3) is 0.375. The Morgan fingerprint density at radius 3 is 3.05 bits per heavy atom. The lowest BCUT2D eigenvalue weighted by molar-refractivity contribution is -0.118. The Labute approximate surface area is 128 Å². The SMILES string of the molecule is C=CCn1c(SCC(=O)NCC2CC2)nc2ccccc21. The molecule has 1 aromatic heterocycles. The number of para-hydroxylation sites is 2. The van der Waals surface area contributed by atoms with Gasteiger partial charge in [0.2, 0.25) is 5.91 Å². The van der Waals surface area contributed by atoms with E-state index >= 15 is 0 Å². The Bertz CT molecular complexity index is 661. The first-order valence-electron chi connectivity index (χ1n) is 7.23. The lowest BCUT2D eigenvalue weighted by atomic mass is 10.3. The summed E-state index contributed by atoms with van der Waals surface area (Å²) in [5.41, 5.74) is 2.04. The van der Waals surface area contributed by atoms with Gasteiger partial charge in [-0.2, -0.15) is 0 Å². The van der Waals surface area contributed by atoms with Gasteiger partial charge in [-0.05, 0) is 30.9 Å². The molecule has 1 N–H and O–H groups in total. The molecular formula is C16H19N3OS. The van der Waals surface area contributed by atoms with E-state index in [0.717, 1.165) is 22.7 Å². The Kier molecular flexibility index (Phi) is 4.29. The Morgan fingerprint density at radius 2 is 2.29 bits per heavy atom. The van der Waals surface area contributed by atoms with Gasteiger partial charge in [0.1, 0.15) is 0 Å². The zero-order valence-corrected chi connectivity index (χ0v) is 12.7. The molecule has 21 heavy (non-hydrogen) atoms. The van der Waals surface area contributed by atoms with Crippen molar-refractivity contribution in [2.75, 3.05) is 12.3 Å². The number of nitrogens with zero attached hydrogens (tertiary/aromatic N) is 2. The maximum absolute atomic E-state index is 11.8. The van der Waals surface area contributed by atoms with Gasteiger partial charge in [0.15, 0.2) is 5.16 Å². The molecule has 1 fully saturated rings. The molecule has 0 spiro atoms. The fourth-order valence-corrected chi connectivity index (χ4v) is 3.08. The van der Waals surface area contributed by atoms with Crippen LogP contribution in [-0.2, 0) is 11.3 Å². The third kappa shape index (κ3) is 3.47. The second-order valence-corrected chi connectivity index (χ2v) is 6.26. The molecule has 1 aromatic carbocycles. The number of amides is 1. The summed E-state index contributed by atoms with van der Waals surface area (Å²) in [6, 6.07) is 8.01. The largest absolute Gasteiger partial charge is 0.355 e. The van der Waals surface area contributed by atoms with Crippen LogP contribution in [0.2, 0.25) is 0 Å². The van der Waals surface area contributed by atoms with Crippen molar-refractivity contribution in [3.8, 4) is 0 Å². The summed E-state index contributed by atoms with van der Waals surface area (Å²) in [6.45, 7) is 5.32. The predicted molar refractivity (Wildman–Crippen MR) is 86.4 cm³/mol. The van der Waals surface area contributed by atoms with Gasteiger partial charge in [-0.3, -0.25) is 4.79 Å². The molecule has 0 bridgehead atoms. The van der Waals surface area contributed by atoms with Crippen LogP contribution in [0.1, 0.15) is 12.8 Å². The summed E-state index contributed by atoms with van der Waals surface area (Å²) in [4.78, 5) is 16.5. The molecule has 4 nitrogen and oxygen atoms in total. The van der Waals surface area contributed by atoms with Gasteiger partial charge in [-0.25, -0.2) is 4.98 Å². The van der Waals surface area contributed by atoms with Gasteiger partial charge in [0.05, 0.1) is 16.8 Å². The number of rotatable bonds is 7. The minimum Gasteiger partial charge on any atom is -0.355 e. The first-order chi connectivity index (χ1) is 10.3. The van der Waals surface area contributed by atoms with Gasteiger partial charge in [-0.15, -0.1) is 6.58 Å². The number of imidazole rings is 1. The smallest absolute Gasteiger partial charge is 0.230 e. The number of fused-ring (bicyclic) bond motifs is 1. The highest BCUT2D eigenvalue weighted by Gasteiger charge is 2.21. The van der Waals surface area contributed by atoms with Gasteiger partial charge in [0.25, 0.3) is 0 Å². The molecule has 1 aliphatic carbocycles. The number of carbonyl (C=O) groups excluding carboxylic acids is 1. The topological polar surface area (TPSA) is 46.9 Å². The van der Waals surface area contributed by atoms with E-state index in [9.17, 15) is 4.79 Å². The second-order valence-electron chi connectivity index (χ2n) is 5.32. The van der Waals surface area contributed by atoms with Crippen LogP contribution in [-0.4, -0.2) is 27.8 Å². The maximum atomic E-state index is 11.8. The van der Waals surface area contributed by atoms with E-state index in [1.807, 2.05) is 30.3 Å². The third-order valence-electron chi connectivity index (χ3n) is 3.55. The Balaban J connectivity index is 1.68. The van der Waals surface area contributed by atoms with Gasteiger partial charge in [-0.1, -0.05) is 30.0 Å². The fourth-order valence-electron chi connectivity index (χ4n) is 2.23. The zero-order valence-electron chi connectivity index (χ0n) is 11.9. The monoisotopic (exact) mass is 301 g/mol. The average molecular weight is 301 g/mol. The predicted octanol–water partition coefficient (Wildman–Crippen LogP) is 2.84. The number of carbonyl (C=O) groups is 1. The van der Waals surface area contributed by atoms with Crippen molar-refractivity contribution in [1.82, 2.24) is 14.9 Å². The molecule has 110 valence electrons. The number of allylic oxidation sites excluding steroid dienone is 1. The van der Waals surface area contributed by atoms with E-state index in [0.29, 0.717) is 18.2 Å². The molecule has 0 unspecified atom stereocenters. The zero-order chi connectivity index (χ0) is 14.7. The van der Waals surface area contributed by atoms with Crippen LogP contribution in [0.4, 0.5) is 0 Å². The minimum absolute atomic E-state index is 0.0871. The van der Waals surface area contributed by atoms with E-state index in [-0.39, 0.29) is 5.91 Å². The number of thioether (sulfide) groups is 1. The summed E-state index contributed by atoms with van der Waals surface area (Å²) in [7, 11) is 0. The molecule has 1 saturated carbocycles. The van der Waals surface area contributed by atoms with Crippen molar-refractivity contribution < 1.29 is 4.79 Å². The number of hydrogen-bond donors (Lipinski definition) is 1. The molecule has 0 saturated heterocycles. The summed E-state index contributed by atoms with van der Waals surface area (Å²) in [6.07, 6.45) is 4.36. The third-order valence-corrected chi connectivity index (χ3v) is 4.52. The highest BCUT2D eigenvalue weighted by molar-refractivity contribution is 7.99. The van der Waals surface area contributed by atoms with E-state index < -0.39 is 0 Å². The van der Waals surface area contributed by atoms with Crippen LogP contribution < -0.4 is 5.32 Å². The first-order valence-corrected chi connectivity index (χ1v) is 8.22. The van der Waals surface area contributed by atoms with Crippen LogP contribution in [0.5, 0.6) is 0 Å². The summed E-state index contributed by atoms with van der Waals surface area (Å²) in [5, 5.41) is 3.86. The van der Waals surface area contributed by atoms with Crippen LogP contribution >= 0.6 is 11.8 Å². The molecular weight excluding hydrogens is 282 g/mol. The minimum atomic E-state index is 0.0871. The highest BCUT2D eigenvalue weighted by Crippen LogP contribution is 2.28. The second kappa shape index (κ2) is 6.35. The molecule has 1 heterocycles. The maximum Gasteiger partial charge on any atom is 0.230 e. The lowest BCUT2D eigenvalue weighted by Crippen LogP contribution is -2.27. The van der Waals surface area contributed by atoms with Crippen molar-refractivity contribution >= 4 is 28.7 Å². The molecule has 0 aliphatic heterocycles. The van der Waals surface area contributed by atoms with Gasteiger partial charge in [0, 0.05) is 13.1 Å². The number of benzene rings is 1.